The highest BCUT2D eigenvalue weighted by Crippen LogP contribution is 2.23. The van der Waals surface area contributed by atoms with Crippen LogP contribution in [0.4, 0.5) is 0 Å². The number of hydrogen-bond donors (Lipinski definition) is 3. The first-order valence-corrected chi connectivity index (χ1v) is 8.90. The summed E-state index contributed by atoms with van der Waals surface area (Å²) >= 11 is 0. The summed E-state index contributed by atoms with van der Waals surface area (Å²) in [6.45, 7) is 6.86. The molecule has 0 saturated heterocycles. The van der Waals surface area contributed by atoms with Gasteiger partial charge in [-0.15, -0.1) is 0 Å². The summed E-state index contributed by atoms with van der Waals surface area (Å²) in [6, 6.07) is 11.9. The summed E-state index contributed by atoms with van der Waals surface area (Å²) in [5, 5.41) is 16.7. The quantitative estimate of drug-likeness (QED) is 0.728. The van der Waals surface area contributed by atoms with Gasteiger partial charge in [-0.1, -0.05) is 57.2 Å². The number of carbonyl (C=O) groups excluding carboxylic acids is 2. The molecule has 27 heavy (non-hydrogen) atoms. The Kier molecular flexibility index (Phi) is 6.20. The second kappa shape index (κ2) is 8.20. The summed E-state index contributed by atoms with van der Waals surface area (Å²) in [5.41, 5.74) is 0.0895. The molecule has 6 heteroatoms. The Balaban J connectivity index is 2.19. The van der Waals surface area contributed by atoms with Crippen molar-refractivity contribution in [3.63, 3.8) is 0 Å². The van der Waals surface area contributed by atoms with Crippen LogP contribution in [-0.4, -0.2) is 28.9 Å². The van der Waals surface area contributed by atoms with Gasteiger partial charge >= 0.3 is 5.97 Å². The fourth-order valence-electron chi connectivity index (χ4n) is 2.63. The molecule has 0 fully saturated rings. The van der Waals surface area contributed by atoms with Gasteiger partial charge in [0.15, 0.2) is 0 Å². The Labute approximate surface area is 159 Å². The number of hydrogen-bond acceptors (Lipinski definition) is 3. The number of carbonyl (C=O) groups is 3. The standard InChI is InChI=1S/C21H26N2O4/c1-13(22-20(27)21(2,3)4)19(26)23-17(12-18(24)25)16-10-9-14-7-5-6-8-15(14)11-16/h5-11,13,17H,12H2,1-4H3,(H,22,27)(H,23,26)(H,24,25)/t13?,17-/m0/s1. The van der Waals surface area contributed by atoms with E-state index in [1.165, 1.54) is 0 Å². The van der Waals surface area contributed by atoms with Crippen LogP contribution in [0.3, 0.4) is 0 Å². The van der Waals surface area contributed by atoms with E-state index >= 15 is 0 Å². The van der Waals surface area contributed by atoms with E-state index in [2.05, 4.69) is 10.6 Å². The van der Waals surface area contributed by atoms with E-state index in [4.69, 9.17) is 0 Å². The van der Waals surface area contributed by atoms with Crippen LogP contribution in [-0.2, 0) is 14.4 Å². The predicted molar refractivity (Wildman–Crippen MR) is 104 cm³/mol. The summed E-state index contributed by atoms with van der Waals surface area (Å²) in [7, 11) is 0. The Morgan fingerprint density at radius 2 is 1.63 bits per heavy atom. The maximum Gasteiger partial charge on any atom is 0.305 e. The van der Waals surface area contributed by atoms with Crippen molar-refractivity contribution in [3.05, 3.63) is 48.0 Å². The van der Waals surface area contributed by atoms with Crippen LogP contribution in [0, 0.1) is 5.41 Å². The molecular formula is C21H26N2O4. The zero-order valence-corrected chi connectivity index (χ0v) is 16.1. The van der Waals surface area contributed by atoms with E-state index in [1.54, 1.807) is 27.7 Å². The van der Waals surface area contributed by atoms with Crippen molar-refractivity contribution in [3.8, 4) is 0 Å². The van der Waals surface area contributed by atoms with Crippen molar-refractivity contribution in [1.29, 1.82) is 0 Å². The molecule has 0 heterocycles. The minimum Gasteiger partial charge on any atom is -0.481 e. The summed E-state index contributed by atoms with van der Waals surface area (Å²) in [6.07, 6.45) is -0.246. The second-order valence-corrected chi connectivity index (χ2v) is 7.71. The minimum atomic E-state index is -1.01. The number of fused-ring (bicyclic) bond motifs is 1. The molecule has 2 aromatic rings. The molecule has 6 nitrogen and oxygen atoms in total. The SMILES string of the molecule is CC(NC(=O)C(C)(C)C)C(=O)N[C@@H](CC(=O)O)c1ccc2ccccc2c1. The van der Waals surface area contributed by atoms with Gasteiger partial charge in [0.1, 0.15) is 6.04 Å². The van der Waals surface area contributed by atoms with Crippen LogP contribution in [0.15, 0.2) is 42.5 Å². The predicted octanol–water partition coefficient (Wildman–Crippen LogP) is 3.02. The Morgan fingerprint density at radius 1 is 1.00 bits per heavy atom. The number of carboxylic acids is 1. The smallest absolute Gasteiger partial charge is 0.305 e. The molecule has 2 atom stereocenters. The molecule has 2 aromatic carbocycles. The van der Waals surface area contributed by atoms with Crippen LogP contribution in [0.1, 0.15) is 45.7 Å². The molecule has 2 rings (SSSR count). The zero-order valence-electron chi connectivity index (χ0n) is 16.1. The average Bonchev–Trinajstić information content (AvgIpc) is 2.59. The van der Waals surface area contributed by atoms with Crippen molar-refractivity contribution in [2.75, 3.05) is 0 Å². The highest BCUT2D eigenvalue weighted by Gasteiger charge is 2.27. The van der Waals surface area contributed by atoms with Gasteiger partial charge in [-0.2, -0.15) is 0 Å². The lowest BCUT2D eigenvalue weighted by atomic mass is 9.95. The number of nitrogens with one attached hydrogen (secondary N) is 2. The lowest BCUT2D eigenvalue weighted by Crippen LogP contribution is -2.49. The first kappa shape index (κ1) is 20.4. The van der Waals surface area contributed by atoms with Crippen LogP contribution < -0.4 is 10.6 Å². The van der Waals surface area contributed by atoms with Gasteiger partial charge in [0.25, 0.3) is 0 Å². The molecule has 0 aliphatic heterocycles. The number of amides is 2. The maximum atomic E-state index is 12.5. The van der Waals surface area contributed by atoms with Gasteiger partial charge in [0.05, 0.1) is 12.5 Å². The highest BCUT2D eigenvalue weighted by atomic mass is 16.4. The van der Waals surface area contributed by atoms with Gasteiger partial charge < -0.3 is 15.7 Å². The lowest BCUT2D eigenvalue weighted by Gasteiger charge is -2.24. The molecule has 0 bridgehead atoms. The van der Waals surface area contributed by atoms with Gasteiger partial charge in [-0.25, -0.2) is 0 Å². The molecule has 0 spiro atoms. The molecule has 0 aliphatic rings. The molecule has 0 radical (unpaired) electrons. The lowest BCUT2D eigenvalue weighted by molar-refractivity contribution is -0.138. The molecule has 0 saturated carbocycles. The Hall–Kier alpha value is -2.89. The van der Waals surface area contributed by atoms with Crippen LogP contribution in [0.25, 0.3) is 10.8 Å². The molecule has 1 unspecified atom stereocenters. The Morgan fingerprint density at radius 3 is 2.22 bits per heavy atom. The van der Waals surface area contributed by atoms with Crippen molar-refractivity contribution >= 4 is 28.6 Å². The minimum absolute atomic E-state index is 0.245. The van der Waals surface area contributed by atoms with E-state index in [1.807, 2.05) is 42.5 Å². The second-order valence-electron chi connectivity index (χ2n) is 7.71. The summed E-state index contributed by atoms with van der Waals surface area (Å²) in [4.78, 5) is 35.9. The fraction of sp³-hybridized carbons (Fsp3) is 0.381. The largest absolute Gasteiger partial charge is 0.481 e. The molecular weight excluding hydrogens is 344 g/mol. The number of carboxylic acid groups (broad SMARTS) is 1. The first-order chi connectivity index (χ1) is 12.6. The third kappa shape index (κ3) is 5.54. The summed E-state index contributed by atoms with van der Waals surface area (Å²) < 4.78 is 0. The van der Waals surface area contributed by atoms with E-state index in [9.17, 15) is 19.5 Å². The van der Waals surface area contributed by atoms with Gasteiger partial charge in [-0.05, 0) is 29.3 Å². The topological polar surface area (TPSA) is 95.5 Å². The molecule has 2 amide bonds. The van der Waals surface area contributed by atoms with Crippen molar-refractivity contribution in [2.24, 2.45) is 5.41 Å². The number of benzene rings is 2. The average molecular weight is 370 g/mol. The number of rotatable bonds is 6. The van der Waals surface area contributed by atoms with Gasteiger partial charge in [0, 0.05) is 5.41 Å². The molecule has 0 aromatic heterocycles. The van der Waals surface area contributed by atoms with Crippen LogP contribution in [0.5, 0.6) is 0 Å². The number of aliphatic carboxylic acids is 1. The monoisotopic (exact) mass is 370 g/mol. The molecule has 0 aliphatic carbocycles. The maximum absolute atomic E-state index is 12.5. The van der Waals surface area contributed by atoms with E-state index in [0.29, 0.717) is 5.56 Å². The molecule has 3 N–H and O–H groups in total. The zero-order chi connectivity index (χ0) is 20.2. The first-order valence-electron chi connectivity index (χ1n) is 8.90. The normalized spacial score (nSPS) is 13.6. The molecule has 144 valence electrons. The van der Waals surface area contributed by atoms with Crippen molar-refractivity contribution in [1.82, 2.24) is 10.6 Å². The van der Waals surface area contributed by atoms with E-state index < -0.39 is 29.4 Å². The third-order valence-electron chi connectivity index (χ3n) is 4.29. The summed E-state index contributed by atoms with van der Waals surface area (Å²) in [5.74, 6) is -1.68. The van der Waals surface area contributed by atoms with Crippen LogP contribution in [0.2, 0.25) is 0 Å². The van der Waals surface area contributed by atoms with E-state index in [-0.39, 0.29) is 12.3 Å². The highest BCUT2D eigenvalue weighted by molar-refractivity contribution is 5.90. The van der Waals surface area contributed by atoms with Crippen LogP contribution >= 0.6 is 0 Å². The Bertz CT molecular complexity index is 855. The van der Waals surface area contributed by atoms with Gasteiger partial charge in [-0.3, -0.25) is 14.4 Å². The van der Waals surface area contributed by atoms with Crippen molar-refractivity contribution < 1.29 is 19.5 Å². The van der Waals surface area contributed by atoms with E-state index in [0.717, 1.165) is 10.8 Å². The van der Waals surface area contributed by atoms with Crippen molar-refractivity contribution in [2.45, 2.75) is 46.2 Å². The fourth-order valence-corrected chi connectivity index (χ4v) is 2.63. The van der Waals surface area contributed by atoms with Gasteiger partial charge in [0.2, 0.25) is 11.8 Å². The third-order valence-corrected chi connectivity index (χ3v) is 4.29.